The maximum absolute atomic E-state index is 10.9. The highest BCUT2D eigenvalue weighted by molar-refractivity contribution is 9.10. The van der Waals surface area contributed by atoms with Crippen LogP contribution >= 0.6 is 15.9 Å². The van der Waals surface area contributed by atoms with Crippen molar-refractivity contribution in [1.29, 1.82) is 0 Å². The van der Waals surface area contributed by atoms with Gasteiger partial charge < -0.3 is 14.2 Å². The molecule has 0 amide bonds. The molecule has 0 atom stereocenters. The molecule has 116 valence electrons. The van der Waals surface area contributed by atoms with Crippen LogP contribution in [0.2, 0.25) is 0 Å². The fourth-order valence-corrected chi connectivity index (χ4v) is 2.41. The summed E-state index contributed by atoms with van der Waals surface area (Å²) in [4.78, 5) is 10.9. The number of aldehydes is 1. The highest BCUT2D eigenvalue weighted by atomic mass is 79.9. The lowest BCUT2D eigenvalue weighted by Gasteiger charge is -2.14. The lowest BCUT2D eigenvalue weighted by atomic mass is 10.2. The number of hydrogen-bond donors (Lipinski definition) is 0. The zero-order chi connectivity index (χ0) is 15.9. The van der Waals surface area contributed by atoms with E-state index in [9.17, 15) is 4.79 Å². The molecule has 0 aliphatic carbocycles. The van der Waals surface area contributed by atoms with Gasteiger partial charge in [-0.3, -0.25) is 4.79 Å². The van der Waals surface area contributed by atoms with Crippen molar-refractivity contribution in [3.8, 4) is 17.2 Å². The van der Waals surface area contributed by atoms with E-state index in [1.807, 2.05) is 25.1 Å². The first-order chi connectivity index (χ1) is 10.7. The van der Waals surface area contributed by atoms with Crippen LogP contribution in [0.1, 0.15) is 22.8 Å². The van der Waals surface area contributed by atoms with Crippen LogP contribution in [-0.4, -0.2) is 20.0 Å². The van der Waals surface area contributed by atoms with Crippen molar-refractivity contribution in [3.05, 3.63) is 52.0 Å². The van der Waals surface area contributed by atoms with Gasteiger partial charge in [0.05, 0.1) is 13.7 Å². The van der Waals surface area contributed by atoms with Crippen molar-refractivity contribution in [3.63, 3.8) is 0 Å². The Morgan fingerprint density at radius 1 is 1.05 bits per heavy atom. The molecule has 2 aromatic carbocycles. The number of carbonyl (C=O) groups is 1. The molecule has 2 rings (SSSR count). The SMILES string of the molecule is CCOc1cc(C=O)ccc1OCc1cc(Br)ccc1OC. The van der Waals surface area contributed by atoms with E-state index in [-0.39, 0.29) is 0 Å². The molecule has 0 bridgehead atoms. The molecule has 0 spiro atoms. The summed E-state index contributed by atoms with van der Waals surface area (Å²) in [6.07, 6.45) is 0.781. The van der Waals surface area contributed by atoms with Crippen molar-refractivity contribution in [2.24, 2.45) is 0 Å². The van der Waals surface area contributed by atoms with Crippen LogP contribution in [0.15, 0.2) is 40.9 Å². The summed E-state index contributed by atoms with van der Waals surface area (Å²) in [5, 5.41) is 0. The molecule has 0 radical (unpaired) electrons. The molecule has 4 nitrogen and oxygen atoms in total. The molecule has 5 heteroatoms. The molecule has 0 unspecified atom stereocenters. The van der Waals surface area contributed by atoms with Gasteiger partial charge in [-0.15, -0.1) is 0 Å². The minimum absolute atomic E-state index is 0.336. The summed E-state index contributed by atoms with van der Waals surface area (Å²) in [5.41, 5.74) is 1.47. The van der Waals surface area contributed by atoms with Crippen LogP contribution in [0.25, 0.3) is 0 Å². The third-order valence-corrected chi connectivity index (χ3v) is 3.52. The molecular weight excluding hydrogens is 348 g/mol. The Bertz CT molecular complexity index is 655. The van der Waals surface area contributed by atoms with E-state index in [2.05, 4.69) is 15.9 Å². The molecule has 0 aliphatic rings. The first-order valence-corrected chi connectivity index (χ1v) is 7.64. The third kappa shape index (κ3) is 4.01. The van der Waals surface area contributed by atoms with Crippen LogP contribution in [0, 0.1) is 0 Å². The van der Waals surface area contributed by atoms with Crippen molar-refractivity contribution in [2.45, 2.75) is 13.5 Å². The molecule has 2 aromatic rings. The molecule has 0 fully saturated rings. The molecule has 0 N–H and O–H groups in total. The Hall–Kier alpha value is -2.01. The second-order valence-electron chi connectivity index (χ2n) is 4.50. The Kier molecular flexibility index (Phi) is 5.83. The lowest BCUT2D eigenvalue weighted by Crippen LogP contribution is -2.02. The third-order valence-electron chi connectivity index (χ3n) is 3.03. The van der Waals surface area contributed by atoms with E-state index in [1.165, 1.54) is 0 Å². The molecule has 0 aliphatic heterocycles. The minimum Gasteiger partial charge on any atom is -0.496 e. The quantitative estimate of drug-likeness (QED) is 0.689. The monoisotopic (exact) mass is 364 g/mol. The zero-order valence-electron chi connectivity index (χ0n) is 12.5. The Morgan fingerprint density at radius 2 is 1.82 bits per heavy atom. The molecular formula is C17H17BrO4. The predicted molar refractivity (Wildman–Crippen MR) is 88.0 cm³/mol. The fourth-order valence-electron chi connectivity index (χ4n) is 2.00. The van der Waals surface area contributed by atoms with Gasteiger partial charge in [0.1, 0.15) is 18.6 Å². The molecule has 22 heavy (non-hydrogen) atoms. The van der Waals surface area contributed by atoms with Gasteiger partial charge in [0.15, 0.2) is 11.5 Å². The Morgan fingerprint density at radius 3 is 2.50 bits per heavy atom. The van der Waals surface area contributed by atoms with E-state index < -0.39 is 0 Å². The van der Waals surface area contributed by atoms with Crippen molar-refractivity contribution in [1.82, 2.24) is 0 Å². The topological polar surface area (TPSA) is 44.8 Å². The molecule has 0 saturated heterocycles. The first-order valence-electron chi connectivity index (χ1n) is 6.85. The van der Waals surface area contributed by atoms with Crippen LogP contribution in [0.3, 0.4) is 0 Å². The van der Waals surface area contributed by atoms with E-state index in [0.29, 0.717) is 30.3 Å². The summed E-state index contributed by atoms with van der Waals surface area (Å²) < 4.78 is 17.6. The Labute approximate surface area is 138 Å². The van der Waals surface area contributed by atoms with E-state index in [0.717, 1.165) is 22.1 Å². The van der Waals surface area contributed by atoms with Crippen molar-refractivity contribution < 1.29 is 19.0 Å². The number of halogens is 1. The van der Waals surface area contributed by atoms with Gasteiger partial charge in [-0.05, 0) is 43.3 Å². The Balaban J connectivity index is 2.20. The standard InChI is InChI=1S/C17H17BrO4/c1-3-21-17-8-12(10-19)4-6-16(17)22-11-13-9-14(18)5-7-15(13)20-2/h4-10H,3,11H2,1-2H3. The van der Waals surface area contributed by atoms with Crippen LogP contribution in [0.4, 0.5) is 0 Å². The lowest BCUT2D eigenvalue weighted by molar-refractivity contribution is 0.112. The normalized spacial score (nSPS) is 10.1. The zero-order valence-corrected chi connectivity index (χ0v) is 14.1. The molecule has 0 heterocycles. The van der Waals surface area contributed by atoms with Crippen LogP contribution < -0.4 is 14.2 Å². The number of rotatable bonds is 7. The van der Waals surface area contributed by atoms with Gasteiger partial charge in [0, 0.05) is 15.6 Å². The number of carbonyl (C=O) groups excluding carboxylic acids is 1. The van der Waals surface area contributed by atoms with E-state index in [1.54, 1.807) is 25.3 Å². The molecule has 0 saturated carbocycles. The average molecular weight is 365 g/mol. The highest BCUT2D eigenvalue weighted by Gasteiger charge is 2.09. The summed E-state index contributed by atoms with van der Waals surface area (Å²) in [6, 6.07) is 10.8. The fraction of sp³-hybridized carbons (Fsp3) is 0.235. The van der Waals surface area contributed by atoms with Crippen LogP contribution in [0.5, 0.6) is 17.2 Å². The minimum atomic E-state index is 0.336. The van der Waals surface area contributed by atoms with Crippen molar-refractivity contribution in [2.75, 3.05) is 13.7 Å². The van der Waals surface area contributed by atoms with Gasteiger partial charge in [0.25, 0.3) is 0 Å². The van der Waals surface area contributed by atoms with Gasteiger partial charge in [0.2, 0.25) is 0 Å². The van der Waals surface area contributed by atoms with E-state index in [4.69, 9.17) is 14.2 Å². The summed E-state index contributed by atoms with van der Waals surface area (Å²) in [5.74, 6) is 1.90. The number of ether oxygens (including phenoxy) is 3. The number of benzene rings is 2. The average Bonchev–Trinajstić information content (AvgIpc) is 2.54. The first kappa shape index (κ1) is 16.4. The van der Waals surface area contributed by atoms with Gasteiger partial charge >= 0.3 is 0 Å². The summed E-state index contributed by atoms with van der Waals surface area (Å²) in [6.45, 7) is 2.72. The number of methoxy groups -OCH3 is 1. The second kappa shape index (κ2) is 7.84. The summed E-state index contributed by atoms with van der Waals surface area (Å²) in [7, 11) is 1.62. The highest BCUT2D eigenvalue weighted by Crippen LogP contribution is 2.30. The predicted octanol–water partition coefficient (Wildman–Crippen LogP) is 4.25. The maximum Gasteiger partial charge on any atom is 0.161 e. The van der Waals surface area contributed by atoms with Crippen LogP contribution in [-0.2, 0) is 6.61 Å². The number of hydrogen-bond acceptors (Lipinski definition) is 4. The molecule has 0 aromatic heterocycles. The van der Waals surface area contributed by atoms with E-state index >= 15 is 0 Å². The maximum atomic E-state index is 10.9. The second-order valence-corrected chi connectivity index (χ2v) is 5.42. The smallest absolute Gasteiger partial charge is 0.161 e. The largest absolute Gasteiger partial charge is 0.496 e. The van der Waals surface area contributed by atoms with Crippen molar-refractivity contribution >= 4 is 22.2 Å². The summed E-state index contributed by atoms with van der Waals surface area (Å²) >= 11 is 3.44. The van der Waals surface area contributed by atoms with Gasteiger partial charge in [-0.1, -0.05) is 15.9 Å². The van der Waals surface area contributed by atoms with Gasteiger partial charge in [-0.2, -0.15) is 0 Å². The van der Waals surface area contributed by atoms with Gasteiger partial charge in [-0.25, -0.2) is 0 Å².